The molecule has 4 nitrogen and oxygen atoms in total. The van der Waals surface area contributed by atoms with Gasteiger partial charge >= 0.3 is 0 Å². The zero-order chi connectivity index (χ0) is 10.6. The first-order chi connectivity index (χ1) is 6.65. The minimum Gasteiger partial charge on any atom is -0.350 e. The minimum atomic E-state index is -0.594. The van der Waals surface area contributed by atoms with E-state index in [0.29, 0.717) is 6.54 Å². The molecule has 1 N–H and O–H groups in total. The van der Waals surface area contributed by atoms with Gasteiger partial charge in [0.15, 0.2) is 0 Å². The molecule has 0 aliphatic heterocycles. The highest BCUT2D eigenvalue weighted by atomic mass is 32.1. The number of aromatic nitrogens is 1. The molecule has 14 heavy (non-hydrogen) atoms. The molecule has 0 aromatic carbocycles. The van der Waals surface area contributed by atoms with E-state index in [0.717, 1.165) is 10.6 Å². The van der Waals surface area contributed by atoms with Gasteiger partial charge in [0.25, 0.3) is 0 Å². The number of carbonyl (C=O) groups excluding carboxylic acids is 1. The van der Waals surface area contributed by atoms with Crippen molar-refractivity contribution in [2.45, 2.75) is 20.4 Å². The molecule has 0 saturated carbocycles. The Morgan fingerprint density at radius 3 is 3.07 bits per heavy atom. The van der Waals surface area contributed by atoms with Gasteiger partial charge in [-0.2, -0.15) is 5.26 Å². The number of nitrogens with zero attached hydrogens (tertiary/aromatic N) is 2. The van der Waals surface area contributed by atoms with E-state index in [2.05, 4.69) is 10.3 Å². The summed E-state index contributed by atoms with van der Waals surface area (Å²) in [6, 6.07) is 1.89. The van der Waals surface area contributed by atoms with Crippen molar-refractivity contribution in [1.82, 2.24) is 10.3 Å². The number of amides is 1. The van der Waals surface area contributed by atoms with Crippen LogP contribution < -0.4 is 5.32 Å². The van der Waals surface area contributed by atoms with Crippen LogP contribution in [0.25, 0.3) is 0 Å². The van der Waals surface area contributed by atoms with E-state index >= 15 is 0 Å². The van der Waals surface area contributed by atoms with E-state index in [4.69, 9.17) is 5.26 Å². The Kier molecular flexibility index (Phi) is 3.60. The van der Waals surface area contributed by atoms with Gasteiger partial charge in [-0.15, -0.1) is 11.3 Å². The number of thiazole rings is 1. The van der Waals surface area contributed by atoms with Gasteiger partial charge in [0.05, 0.1) is 23.8 Å². The van der Waals surface area contributed by atoms with Crippen molar-refractivity contribution in [3.63, 3.8) is 0 Å². The second-order valence-electron chi connectivity index (χ2n) is 2.93. The maximum Gasteiger partial charge on any atom is 0.237 e. The van der Waals surface area contributed by atoms with E-state index in [1.807, 2.05) is 13.0 Å². The highest BCUT2D eigenvalue weighted by Gasteiger charge is 2.11. The van der Waals surface area contributed by atoms with Crippen LogP contribution in [0.5, 0.6) is 0 Å². The van der Waals surface area contributed by atoms with Gasteiger partial charge < -0.3 is 5.32 Å². The molecule has 1 heterocycles. The summed E-state index contributed by atoms with van der Waals surface area (Å²) in [6.45, 7) is 3.93. The summed E-state index contributed by atoms with van der Waals surface area (Å²) in [6.07, 6.45) is 0. The largest absolute Gasteiger partial charge is 0.350 e. The van der Waals surface area contributed by atoms with E-state index in [9.17, 15) is 4.79 Å². The number of aryl methyl sites for hydroxylation is 1. The molecular weight excluding hydrogens is 198 g/mol. The number of nitrogens with one attached hydrogen (secondary N) is 1. The average molecular weight is 209 g/mol. The molecule has 0 spiro atoms. The van der Waals surface area contributed by atoms with Gasteiger partial charge in [0.1, 0.15) is 5.92 Å². The maximum atomic E-state index is 11.2. The fraction of sp³-hybridized carbons (Fsp3) is 0.444. The fourth-order valence-corrected chi connectivity index (χ4v) is 1.59. The van der Waals surface area contributed by atoms with Crippen molar-refractivity contribution in [3.8, 4) is 6.07 Å². The third-order valence-electron chi connectivity index (χ3n) is 1.85. The van der Waals surface area contributed by atoms with Crippen LogP contribution >= 0.6 is 11.3 Å². The molecule has 0 aliphatic rings. The first-order valence-corrected chi connectivity index (χ1v) is 5.09. The Balaban J connectivity index is 2.46. The average Bonchev–Trinajstić information content (AvgIpc) is 2.59. The Bertz CT molecular complexity index is 366. The molecule has 1 rings (SSSR count). The predicted octanol–water partition coefficient (Wildman–Crippen LogP) is 1.23. The Morgan fingerprint density at radius 2 is 2.57 bits per heavy atom. The van der Waals surface area contributed by atoms with Gasteiger partial charge in [-0.3, -0.25) is 4.79 Å². The molecule has 1 amide bonds. The summed E-state index contributed by atoms with van der Waals surface area (Å²) in [4.78, 5) is 16.3. The summed E-state index contributed by atoms with van der Waals surface area (Å²) >= 11 is 1.50. The molecule has 0 fully saturated rings. The molecular formula is C9H11N3OS. The third-order valence-corrected chi connectivity index (χ3v) is 2.79. The topological polar surface area (TPSA) is 65.8 Å². The molecule has 0 radical (unpaired) electrons. The van der Waals surface area contributed by atoms with Crippen LogP contribution in [-0.4, -0.2) is 10.9 Å². The zero-order valence-electron chi connectivity index (χ0n) is 8.07. The zero-order valence-corrected chi connectivity index (χ0v) is 8.89. The summed E-state index contributed by atoms with van der Waals surface area (Å²) in [5.41, 5.74) is 2.67. The molecule has 5 heteroatoms. The molecule has 0 saturated heterocycles. The third kappa shape index (κ3) is 2.54. The van der Waals surface area contributed by atoms with Crippen LogP contribution in [0.3, 0.4) is 0 Å². The summed E-state index contributed by atoms with van der Waals surface area (Å²) < 4.78 is 0. The lowest BCUT2D eigenvalue weighted by Crippen LogP contribution is -2.27. The molecule has 1 aromatic rings. The van der Waals surface area contributed by atoms with Crippen LogP contribution in [0.2, 0.25) is 0 Å². The Labute approximate surface area is 86.6 Å². The number of hydrogen-bond donors (Lipinski definition) is 1. The quantitative estimate of drug-likeness (QED) is 0.814. The smallest absolute Gasteiger partial charge is 0.237 e. The Hall–Kier alpha value is -1.41. The van der Waals surface area contributed by atoms with Gasteiger partial charge in [-0.25, -0.2) is 4.98 Å². The van der Waals surface area contributed by atoms with Crippen LogP contribution in [0, 0.1) is 24.2 Å². The maximum absolute atomic E-state index is 11.2. The monoisotopic (exact) mass is 209 g/mol. The Morgan fingerprint density at radius 1 is 1.86 bits per heavy atom. The predicted molar refractivity (Wildman–Crippen MR) is 53.5 cm³/mol. The normalized spacial score (nSPS) is 11.8. The van der Waals surface area contributed by atoms with Crippen molar-refractivity contribution >= 4 is 17.2 Å². The van der Waals surface area contributed by atoms with Gasteiger partial charge in [-0.1, -0.05) is 0 Å². The van der Waals surface area contributed by atoms with Crippen molar-refractivity contribution in [2.75, 3.05) is 0 Å². The van der Waals surface area contributed by atoms with Crippen LogP contribution in [0.15, 0.2) is 5.51 Å². The van der Waals surface area contributed by atoms with E-state index < -0.39 is 5.92 Å². The molecule has 74 valence electrons. The molecule has 0 bridgehead atoms. The molecule has 1 unspecified atom stereocenters. The molecule has 0 aliphatic carbocycles. The van der Waals surface area contributed by atoms with Gasteiger partial charge in [0, 0.05) is 4.88 Å². The number of nitriles is 1. The van der Waals surface area contributed by atoms with Crippen LogP contribution in [-0.2, 0) is 11.3 Å². The van der Waals surface area contributed by atoms with Crippen molar-refractivity contribution in [2.24, 2.45) is 5.92 Å². The lowest BCUT2D eigenvalue weighted by atomic mass is 10.2. The summed E-state index contributed by atoms with van der Waals surface area (Å²) in [5, 5.41) is 11.2. The van der Waals surface area contributed by atoms with Crippen LogP contribution in [0.1, 0.15) is 17.5 Å². The standard InChI is InChI=1S/C9H11N3OS/c1-6(3-10)9(13)11-4-8-7(2)12-5-14-8/h5-6H,4H2,1-2H3,(H,11,13). The van der Waals surface area contributed by atoms with Crippen LogP contribution in [0.4, 0.5) is 0 Å². The van der Waals surface area contributed by atoms with E-state index in [1.54, 1.807) is 12.4 Å². The number of rotatable bonds is 3. The lowest BCUT2D eigenvalue weighted by molar-refractivity contribution is -0.123. The second kappa shape index (κ2) is 4.72. The van der Waals surface area contributed by atoms with Gasteiger partial charge in [0.2, 0.25) is 5.91 Å². The van der Waals surface area contributed by atoms with Crippen molar-refractivity contribution < 1.29 is 4.79 Å². The highest BCUT2D eigenvalue weighted by Crippen LogP contribution is 2.11. The van der Waals surface area contributed by atoms with Gasteiger partial charge in [-0.05, 0) is 13.8 Å². The molecule has 1 atom stereocenters. The van der Waals surface area contributed by atoms with Crippen molar-refractivity contribution in [3.05, 3.63) is 16.1 Å². The second-order valence-corrected chi connectivity index (χ2v) is 3.87. The SMILES string of the molecule is Cc1ncsc1CNC(=O)C(C)C#N. The highest BCUT2D eigenvalue weighted by molar-refractivity contribution is 7.09. The fourth-order valence-electron chi connectivity index (χ4n) is 0.875. The summed E-state index contributed by atoms with van der Waals surface area (Å²) in [7, 11) is 0. The first-order valence-electron chi connectivity index (χ1n) is 4.21. The number of carbonyl (C=O) groups is 1. The number of hydrogen-bond acceptors (Lipinski definition) is 4. The molecule has 1 aromatic heterocycles. The minimum absolute atomic E-state index is 0.236. The van der Waals surface area contributed by atoms with E-state index in [1.165, 1.54) is 11.3 Å². The summed E-state index contributed by atoms with van der Waals surface area (Å²) in [5.74, 6) is -0.830. The first kappa shape index (κ1) is 10.7. The van der Waals surface area contributed by atoms with Crippen molar-refractivity contribution in [1.29, 1.82) is 5.26 Å². The lowest BCUT2D eigenvalue weighted by Gasteiger charge is -2.04. The van der Waals surface area contributed by atoms with E-state index in [-0.39, 0.29) is 5.91 Å².